The van der Waals surface area contributed by atoms with Crippen LogP contribution in [0.15, 0.2) is 42.5 Å². The molecule has 0 saturated carbocycles. The minimum atomic E-state index is -0.356. The second-order valence-corrected chi connectivity index (χ2v) is 5.24. The minimum Gasteiger partial charge on any atom is -0.324 e. The van der Waals surface area contributed by atoms with E-state index < -0.39 is 0 Å². The van der Waals surface area contributed by atoms with Gasteiger partial charge >= 0.3 is 0 Å². The highest BCUT2D eigenvalue weighted by molar-refractivity contribution is 5.96. The van der Waals surface area contributed by atoms with Gasteiger partial charge in [-0.05, 0) is 19.1 Å². The Kier molecular flexibility index (Phi) is 3.73. The highest BCUT2D eigenvalue weighted by atomic mass is 19.1. The zero-order chi connectivity index (χ0) is 15.7. The molecule has 112 valence electrons. The smallest absolute Gasteiger partial charge is 0.182 e. The quantitative estimate of drug-likeness (QED) is 0.753. The Bertz CT molecular complexity index is 837. The number of hydrogen-bond acceptors (Lipinski definition) is 3. The molecule has 2 aromatic carbocycles. The van der Waals surface area contributed by atoms with Crippen LogP contribution in [0.1, 0.15) is 21.7 Å². The molecule has 0 amide bonds. The van der Waals surface area contributed by atoms with Crippen molar-refractivity contribution in [3.8, 4) is 0 Å². The first kappa shape index (κ1) is 14.4. The Hall–Kier alpha value is -2.53. The number of nitrogens with two attached hydrogens (primary N) is 1. The Morgan fingerprint density at radius 3 is 2.64 bits per heavy atom. The lowest BCUT2D eigenvalue weighted by atomic mass is 10.1. The van der Waals surface area contributed by atoms with E-state index in [0.717, 1.165) is 5.56 Å². The van der Waals surface area contributed by atoms with Crippen LogP contribution in [0.5, 0.6) is 0 Å². The largest absolute Gasteiger partial charge is 0.324 e. The highest BCUT2D eigenvalue weighted by Gasteiger charge is 2.14. The first-order chi connectivity index (χ1) is 10.6. The molecule has 0 unspecified atom stereocenters. The van der Waals surface area contributed by atoms with Crippen LogP contribution < -0.4 is 5.73 Å². The van der Waals surface area contributed by atoms with Crippen LogP contribution >= 0.6 is 0 Å². The van der Waals surface area contributed by atoms with E-state index in [1.807, 2.05) is 19.1 Å². The normalized spacial score (nSPS) is 11.0. The number of carbonyl (C=O) groups excluding carboxylic acids is 1. The molecule has 0 saturated heterocycles. The fourth-order valence-electron chi connectivity index (χ4n) is 2.46. The zero-order valence-corrected chi connectivity index (χ0v) is 12.2. The number of aryl methyl sites for hydroxylation is 1. The molecule has 1 aromatic heterocycles. The van der Waals surface area contributed by atoms with Crippen molar-refractivity contribution in [3.63, 3.8) is 0 Å². The molecule has 0 radical (unpaired) electrons. The van der Waals surface area contributed by atoms with E-state index in [1.54, 1.807) is 22.8 Å². The summed E-state index contributed by atoms with van der Waals surface area (Å²) in [5, 5.41) is 0. The Morgan fingerprint density at radius 2 is 1.95 bits per heavy atom. The molecule has 0 bridgehead atoms. The van der Waals surface area contributed by atoms with E-state index in [0.29, 0.717) is 22.4 Å². The number of halogens is 1. The van der Waals surface area contributed by atoms with E-state index in [1.165, 1.54) is 12.1 Å². The molecule has 22 heavy (non-hydrogen) atoms. The van der Waals surface area contributed by atoms with Gasteiger partial charge in [0, 0.05) is 11.6 Å². The lowest BCUT2D eigenvalue weighted by Crippen LogP contribution is -2.15. The minimum absolute atomic E-state index is 0.0293. The fraction of sp³-hybridized carbons (Fsp3) is 0.176. The molecular formula is C17H16FN3O. The van der Waals surface area contributed by atoms with E-state index in [4.69, 9.17) is 5.73 Å². The molecular weight excluding hydrogens is 281 g/mol. The summed E-state index contributed by atoms with van der Waals surface area (Å²) in [5.74, 6) is 0.185. The van der Waals surface area contributed by atoms with E-state index >= 15 is 0 Å². The molecule has 5 heteroatoms. The summed E-state index contributed by atoms with van der Waals surface area (Å²) >= 11 is 0. The van der Waals surface area contributed by atoms with Crippen molar-refractivity contribution < 1.29 is 9.18 Å². The van der Waals surface area contributed by atoms with Crippen molar-refractivity contribution in [2.75, 3.05) is 0 Å². The first-order valence-corrected chi connectivity index (χ1v) is 7.03. The average Bonchev–Trinajstić information content (AvgIpc) is 2.84. The number of Topliss-reactive ketones (excluding diaryl/α,β-unsaturated/α-hetero) is 1. The van der Waals surface area contributed by atoms with Gasteiger partial charge in [0.1, 0.15) is 11.6 Å². The predicted molar refractivity (Wildman–Crippen MR) is 83.1 cm³/mol. The van der Waals surface area contributed by atoms with Crippen molar-refractivity contribution >= 4 is 16.8 Å². The Labute approximate surface area is 127 Å². The number of benzene rings is 2. The van der Waals surface area contributed by atoms with Crippen LogP contribution in [0.2, 0.25) is 0 Å². The number of nitrogens with zero attached hydrogens (tertiary/aromatic N) is 2. The van der Waals surface area contributed by atoms with E-state index in [2.05, 4.69) is 4.98 Å². The molecule has 0 fully saturated rings. The molecule has 0 spiro atoms. The van der Waals surface area contributed by atoms with Gasteiger partial charge in [0.15, 0.2) is 5.78 Å². The standard InChI is InChI=1S/C17H16FN3O/c1-11-2-4-12(5-3-11)16(22)10-21-15-7-6-13(18)8-14(15)20-17(21)9-19/h2-8H,9-10,19H2,1H3. The van der Waals surface area contributed by atoms with Gasteiger partial charge in [-0.25, -0.2) is 9.37 Å². The van der Waals surface area contributed by atoms with Gasteiger partial charge in [0.2, 0.25) is 0 Å². The van der Waals surface area contributed by atoms with Crippen molar-refractivity contribution in [1.82, 2.24) is 9.55 Å². The number of ketones is 1. The SMILES string of the molecule is Cc1ccc(C(=O)Cn2c(CN)nc3cc(F)ccc32)cc1. The third kappa shape index (κ3) is 2.63. The topological polar surface area (TPSA) is 60.9 Å². The summed E-state index contributed by atoms with van der Waals surface area (Å²) in [6.45, 7) is 2.30. The number of fused-ring (bicyclic) bond motifs is 1. The third-order valence-corrected chi connectivity index (χ3v) is 3.65. The van der Waals surface area contributed by atoms with Crippen LogP contribution in [0.25, 0.3) is 11.0 Å². The second-order valence-electron chi connectivity index (χ2n) is 5.24. The number of carbonyl (C=O) groups is 1. The summed E-state index contributed by atoms with van der Waals surface area (Å²) in [4.78, 5) is 16.7. The van der Waals surface area contributed by atoms with Crippen LogP contribution in [-0.2, 0) is 13.1 Å². The summed E-state index contributed by atoms with van der Waals surface area (Å²) in [7, 11) is 0. The molecule has 0 atom stereocenters. The van der Waals surface area contributed by atoms with Crippen molar-refractivity contribution in [2.45, 2.75) is 20.0 Å². The molecule has 0 aliphatic rings. The van der Waals surface area contributed by atoms with E-state index in [-0.39, 0.29) is 24.7 Å². The molecule has 3 aromatic rings. The van der Waals surface area contributed by atoms with Gasteiger partial charge < -0.3 is 10.3 Å². The Morgan fingerprint density at radius 1 is 1.23 bits per heavy atom. The molecule has 0 aliphatic carbocycles. The monoisotopic (exact) mass is 297 g/mol. The summed E-state index contributed by atoms with van der Waals surface area (Å²) in [6.07, 6.45) is 0. The van der Waals surface area contributed by atoms with Gasteiger partial charge in [-0.15, -0.1) is 0 Å². The molecule has 2 N–H and O–H groups in total. The lowest BCUT2D eigenvalue weighted by Gasteiger charge is -2.08. The van der Waals surface area contributed by atoms with Gasteiger partial charge in [0.25, 0.3) is 0 Å². The van der Waals surface area contributed by atoms with Crippen LogP contribution in [0.3, 0.4) is 0 Å². The number of imidazole rings is 1. The maximum atomic E-state index is 13.3. The van der Waals surface area contributed by atoms with Gasteiger partial charge in [-0.3, -0.25) is 4.79 Å². The predicted octanol–water partition coefficient (Wildman–Crippen LogP) is 2.83. The fourth-order valence-corrected chi connectivity index (χ4v) is 2.46. The van der Waals surface area contributed by atoms with Crippen LogP contribution in [0.4, 0.5) is 4.39 Å². The molecule has 4 nitrogen and oxygen atoms in total. The lowest BCUT2D eigenvalue weighted by molar-refractivity contribution is 0.0972. The highest BCUT2D eigenvalue weighted by Crippen LogP contribution is 2.18. The first-order valence-electron chi connectivity index (χ1n) is 7.03. The van der Waals surface area contributed by atoms with E-state index in [9.17, 15) is 9.18 Å². The van der Waals surface area contributed by atoms with Gasteiger partial charge in [-0.1, -0.05) is 29.8 Å². The second kappa shape index (κ2) is 5.69. The molecule has 3 rings (SSSR count). The summed E-state index contributed by atoms with van der Waals surface area (Å²) in [6, 6.07) is 11.7. The van der Waals surface area contributed by atoms with Crippen LogP contribution in [-0.4, -0.2) is 15.3 Å². The van der Waals surface area contributed by atoms with Gasteiger partial charge in [-0.2, -0.15) is 0 Å². The van der Waals surface area contributed by atoms with Gasteiger partial charge in [0.05, 0.1) is 24.1 Å². The molecule has 1 heterocycles. The van der Waals surface area contributed by atoms with Crippen LogP contribution in [0, 0.1) is 12.7 Å². The zero-order valence-electron chi connectivity index (χ0n) is 12.2. The average molecular weight is 297 g/mol. The number of rotatable bonds is 4. The summed E-state index contributed by atoms with van der Waals surface area (Å²) in [5.41, 5.74) is 8.66. The maximum Gasteiger partial charge on any atom is 0.182 e. The summed E-state index contributed by atoms with van der Waals surface area (Å²) < 4.78 is 15.0. The number of aromatic nitrogens is 2. The Balaban J connectivity index is 1.99. The molecule has 0 aliphatic heterocycles. The number of hydrogen-bond donors (Lipinski definition) is 1. The van der Waals surface area contributed by atoms with Crippen molar-refractivity contribution in [2.24, 2.45) is 5.73 Å². The maximum absolute atomic E-state index is 13.3. The van der Waals surface area contributed by atoms with Crippen molar-refractivity contribution in [1.29, 1.82) is 0 Å². The third-order valence-electron chi connectivity index (χ3n) is 3.65. The van der Waals surface area contributed by atoms with Crippen molar-refractivity contribution in [3.05, 3.63) is 65.2 Å².